The lowest BCUT2D eigenvalue weighted by Crippen LogP contribution is -2.33. The average Bonchev–Trinajstić information content (AvgIpc) is 2.37. The fourth-order valence-electron chi connectivity index (χ4n) is 1.24. The van der Waals surface area contributed by atoms with Crippen molar-refractivity contribution in [2.24, 2.45) is 11.8 Å². The summed E-state index contributed by atoms with van der Waals surface area (Å²) in [6.07, 6.45) is 0. The summed E-state index contributed by atoms with van der Waals surface area (Å²) < 4.78 is 0. The van der Waals surface area contributed by atoms with Gasteiger partial charge in [0.15, 0.2) is 0 Å². The summed E-state index contributed by atoms with van der Waals surface area (Å²) in [7, 11) is 0. The molecule has 0 N–H and O–H groups in total. The normalized spacial score (nSPS) is 10.6. The summed E-state index contributed by atoms with van der Waals surface area (Å²) in [6, 6.07) is 7.16. The van der Waals surface area contributed by atoms with Crippen molar-refractivity contribution in [2.45, 2.75) is 34.6 Å². The molecule has 1 aromatic carbocycles. The fourth-order valence-corrected chi connectivity index (χ4v) is 1.24. The number of hydrogen-bond donors (Lipinski definition) is 0. The Labute approximate surface area is 119 Å². The number of nitrogens with zero attached hydrogens (tertiary/aromatic N) is 1. The van der Waals surface area contributed by atoms with E-state index in [0.29, 0.717) is 5.69 Å². The van der Waals surface area contributed by atoms with E-state index in [1.54, 1.807) is 45.9 Å². The smallest absolute Gasteiger partial charge is 0.306 e. The van der Waals surface area contributed by atoms with Gasteiger partial charge in [-0.25, -0.2) is 9.59 Å². The Morgan fingerprint density at radius 2 is 1.50 bits per heavy atom. The van der Waals surface area contributed by atoms with Gasteiger partial charge in [-0.15, -0.1) is 0 Å². The van der Waals surface area contributed by atoms with Gasteiger partial charge in [-0.05, 0) is 29.8 Å². The molecule has 5 nitrogen and oxygen atoms in total. The summed E-state index contributed by atoms with van der Waals surface area (Å²) >= 11 is 0. The SMILES string of the molecule is Cc1cccc(N(OC(=O)C(C)C)OC(=O)C(C)C)c1. The van der Waals surface area contributed by atoms with Crippen LogP contribution in [0.4, 0.5) is 5.69 Å². The number of hydrogen-bond acceptors (Lipinski definition) is 5. The van der Waals surface area contributed by atoms with Crippen LogP contribution in [0.2, 0.25) is 0 Å². The highest BCUT2D eigenvalue weighted by atomic mass is 17.0. The topological polar surface area (TPSA) is 55.8 Å². The maximum Gasteiger partial charge on any atom is 0.338 e. The van der Waals surface area contributed by atoms with Crippen LogP contribution in [0.3, 0.4) is 0 Å². The molecule has 0 aliphatic heterocycles. The zero-order chi connectivity index (χ0) is 15.3. The Balaban J connectivity index is 2.95. The Bertz CT molecular complexity index is 461. The molecule has 0 heterocycles. The minimum atomic E-state index is -0.469. The van der Waals surface area contributed by atoms with E-state index in [-0.39, 0.29) is 11.8 Å². The van der Waals surface area contributed by atoms with Crippen molar-refractivity contribution < 1.29 is 19.3 Å². The van der Waals surface area contributed by atoms with Gasteiger partial charge in [0.25, 0.3) is 0 Å². The molecule has 110 valence electrons. The van der Waals surface area contributed by atoms with Crippen LogP contribution in [0.15, 0.2) is 24.3 Å². The molecule has 5 heteroatoms. The zero-order valence-electron chi connectivity index (χ0n) is 12.5. The van der Waals surface area contributed by atoms with Gasteiger partial charge in [-0.1, -0.05) is 39.8 Å². The Hall–Kier alpha value is -2.04. The van der Waals surface area contributed by atoms with E-state index in [0.717, 1.165) is 10.8 Å². The number of rotatable bonds is 5. The van der Waals surface area contributed by atoms with Crippen molar-refractivity contribution >= 4 is 17.6 Å². The van der Waals surface area contributed by atoms with E-state index >= 15 is 0 Å². The van der Waals surface area contributed by atoms with Gasteiger partial charge in [0.2, 0.25) is 0 Å². The molecule has 0 spiro atoms. The van der Waals surface area contributed by atoms with Crippen LogP contribution in [0.25, 0.3) is 0 Å². The molecule has 0 saturated heterocycles. The minimum absolute atomic E-state index is 0.319. The molecule has 0 fully saturated rings. The number of benzene rings is 1. The van der Waals surface area contributed by atoms with Gasteiger partial charge in [0, 0.05) is 0 Å². The molecule has 1 rings (SSSR count). The highest BCUT2D eigenvalue weighted by Crippen LogP contribution is 2.19. The lowest BCUT2D eigenvalue weighted by atomic mass is 10.2. The fraction of sp³-hybridized carbons (Fsp3) is 0.467. The van der Waals surface area contributed by atoms with E-state index < -0.39 is 11.9 Å². The van der Waals surface area contributed by atoms with E-state index in [1.807, 2.05) is 13.0 Å². The highest BCUT2D eigenvalue weighted by molar-refractivity contribution is 5.75. The van der Waals surface area contributed by atoms with Gasteiger partial charge in [0.1, 0.15) is 5.69 Å². The van der Waals surface area contributed by atoms with Gasteiger partial charge < -0.3 is 9.68 Å². The molecular formula is C15H21NO4. The molecule has 0 unspecified atom stereocenters. The molecule has 0 atom stereocenters. The highest BCUT2D eigenvalue weighted by Gasteiger charge is 2.21. The number of aryl methyl sites for hydroxylation is 1. The summed E-state index contributed by atoms with van der Waals surface area (Å²) in [6.45, 7) is 8.74. The molecule has 0 aliphatic rings. The van der Waals surface area contributed by atoms with E-state index in [1.165, 1.54) is 0 Å². The Kier molecular flexibility index (Phi) is 5.55. The Morgan fingerprint density at radius 1 is 1.00 bits per heavy atom. The summed E-state index contributed by atoms with van der Waals surface area (Å²) in [5, 5.41) is 0.887. The molecule has 0 amide bonds. The number of anilines is 1. The van der Waals surface area contributed by atoms with Crippen LogP contribution in [0.5, 0.6) is 0 Å². The van der Waals surface area contributed by atoms with Crippen LogP contribution in [0, 0.1) is 18.8 Å². The van der Waals surface area contributed by atoms with Crippen molar-refractivity contribution in [1.82, 2.24) is 0 Å². The second kappa shape index (κ2) is 6.93. The monoisotopic (exact) mass is 279 g/mol. The maximum absolute atomic E-state index is 11.7. The summed E-state index contributed by atoms with van der Waals surface area (Å²) in [4.78, 5) is 33.7. The predicted molar refractivity (Wildman–Crippen MR) is 75.5 cm³/mol. The van der Waals surface area contributed by atoms with Gasteiger partial charge in [0.05, 0.1) is 11.8 Å². The van der Waals surface area contributed by atoms with Crippen molar-refractivity contribution in [1.29, 1.82) is 0 Å². The minimum Gasteiger partial charge on any atom is -0.306 e. The second-order valence-electron chi connectivity index (χ2n) is 5.23. The van der Waals surface area contributed by atoms with Crippen molar-refractivity contribution in [2.75, 3.05) is 5.23 Å². The predicted octanol–water partition coefficient (Wildman–Crippen LogP) is 3.03. The number of carbonyl (C=O) groups excluding carboxylic acids is 2. The Morgan fingerprint density at radius 3 is 1.90 bits per heavy atom. The van der Waals surface area contributed by atoms with Crippen LogP contribution in [-0.4, -0.2) is 11.9 Å². The first kappa shape index (κ1) is 16.0. The van der Waals surface area contributed by atoms with E-state index in [4.69, 9.17) is 9.68 Å². The lowest BCUT2D eigenvalue weighted by molar-refractivity contribution is -0.178. The zero-order valence-corrected chi connectivity index (χ0v) is 12.5. The third-order valence-corrected chi connectivity index (χ3v) is 2.50. The first-order chi connectivity index (χ1) is 9.31. The van der Waals surface area contributed by atoms with Crippen molar-refractivity contribution in [3.05, 3.63) is 29.8 Å². The van der Waals surface area contributed by atoms with Crippen LogP contribution in [0.1, 0.15) is 33.3 Å². The molecule has 0 aromatic heterocycles. The van der Waals surface area contributed by atoms with Crippen LogP contribution in [-0.2, 0) is 19.3 Å². The van der Waals surface area contributed by atoms with Crippen LogP contribution < -0.4 is 5.23 Å². The van der Waals surface area contributed by atoms with E-state index in [9.17, 15) is 9.59 Å². The molecule has 1 aromatic rings. The average molecular weight is 279 g/mol. The maximum atomic E-state index is 11.7. The largest absolute Gasteiger partial charge is 0.338 e. The van der Waals surface area contributed by atoms with Gasteiger partial charge in [-0.2, -0.15) is 0 Å². The summed E-state index contributed by atoms with van der Waals surface area (Å²) in [5.41, 5.74) is 1.46. The first-order valence-electron chi connectivity index (χ1n) is 6.61. The molecule has 0 bridgehead atoms. The van der Waals surface area contributed by atoms with E-state index in [2.05, 4.69) is 0 Å². The third-order valence-electron chi connectivity index (χ3n) is 2.50. The number of carbonyl (C=O) groups is 2. The quantitative estimate of drug-likeness (QED) is 0.775. The molecule has 0 saturated carbocycles. The lowest BCUT2D eigenvalue weighted by Gasteiger charge is -2.22. The molecule has 0 aliphatic carbocycles. The summed E-state index contributed by atoms with van der Waals surface area (Å²) in [5.74, 6) is -1.58. The van der Waals surface area contributed by atoms with Crippen LogP contribution >= 0.6 is 0 Å². The first-order valence-corrected chi connectivity index (χ1v) is 6.61. The third kappa shape index (κ3) is 4.57. The van der Waals surface area contributed by atoms with Gasteiger partial charge >= 0.3 is 11.9 Å². The van der Waals surface area contributed by atoms with Crippen molar-refractivity contribution in [3.8, 4) is 0 Å². The molecule has 0 radical (unpaired) electrons. The second-order valence-corrected chi connectivity index (χ2v) is 5.23. The standard InChI is InChI=1S/C15H21NO4/c1-10(2)14(17)19-16(20-15(18)11(3)4)13-8-6-7-12(5)9-13/h6-11H,1-5H3. The van der Waals surface area contributed by atoms with Gasteiger partial charge in [-0.3, -0.25) is 0 Å². The van der Waals surface area contributed by atoms with Crippen molar-refractivity contribution in [3.63, 3.8) is 0 Å². The molecule has 20 heavy (non-hydrogen) atoms. The molecular weight excluding hydrogens is 258 g/mol.